The van der Waals surface area contributed by atoms with Crippen LogP contribution in [0, 0.1) is 10.1 Å². The van der Waals surface area contributed by atoms with Crippen molar-refractivity contribution < 1.29 is 38.3 Å². The van der Waals surface area contributed by atoms with Crippen molar-refractivity contribution in [3.63, 3.8) is 0 Å². The Morgan fingerprint density at radius 1 is 1.29 bits per heavy atom. The summed E-state index contributed by atoms with van der Waals surface area (Å²) in [6.45, 7) is 5.45. The highest BCUT2D eigenvalue weighted by molar-refractivity contribution is 8.18. The molecule has 0 N–H and O–H groups in total. The number of nitrogens with zero attached hydrogens (tertiary/aromatic N) is 2. The zero-order valence-electron chi connectivity index (χ0n) is 17.2. The van der Waals surface area contributed by atoms with Crippen LogP contribution in [-0.4, -0.2) is 52.2 Å². The molecular weight excluding hydrogens is 432 g/mol. The van der Waals surface area contributed by atoms with Gasteiger partial charge in [0.25, 0.3) is 11.1 Å². The van der Waals surface area contributed by atoms with Crippen LogP contribution in [0.25, 0.3) is 6.08 Å². The van der Waals surface area contributed by atoms with E-state index in [2.05, 4.69) is 0 Å². The molecule has 0 unspecified atom stereocenters. The number of carbonyl (C=O) groups is 4. The molecule has 1 saturated heterocycles. The molecule has 1 aromatic carbocycles. The number of esters is 2. The van der Waals surface area contributed by atoms with Gasteiger partial charge in [0.2, 0.25) is 5.75 Å². The van der Waals surface area contributed by atoms with Gasteiger partial charge in [-0.25, -0.2) is 0 Å². The van der Waals surface area contributed by atoms with E-state index >= 15 is 0 Å². The van der Waals surface area contributed by atoms with Crippen LogP contribution in [0.2, 0.25) is 0 Å². The third-order valence-electron chi connectivity index (χ3n) is 3.67. The number of imide groups is 1. The Morgan fingerprint density at radius 3 is 2.52 bits per heavy atom. The van der Waals surface area contributed by atoms with Crippen molar-refractivity contribution in [1.82, 2.24) is 4.90 Å². The van der Waals surface area contributed by atoms with E-state index in [1.54, 1.807) is 20.8 Å². The van der Waals surface area contributed by atoms with Gasteiger partial charge in [0.05, 0.1) is 28.1 Å². The minimum absolute atomic E-state index is 0.0420. The molecule has 2 amide bonds. The molecule has 0 atom stereocenters. The molecule has 1 aliphatic rings. The highest BCUT2D eigenvalue weighted by atomic mass is 32.2. The van der Waals surface area contributed by atoms with Gasteiger partial charge in [-0.15, -0.1) is 0 Å². The molecule has 0 aliphatic carbocycles. The van der Waals surface area contributed by atoms with Crippen molar-refractivity contribution >= 4 is 46.6 Å². The Hall–Kier alpha value is -3.41. The highest BCUT2D eigenvalue weighted by Crippen LogP contribution is 2.42. The van der Waals surface area contributed by atoms with Crippen LogP contribution < -0.4 is 9.47 Å². The van der Waals surface area contributed by atoms with E-state index in [9.17, 15) is 29.3 Å². The molecule has 0 bridgehead atoms. The number of amides is 2. The van der Waals surface area contributed by atoms with Crippen molar-refractivity contribution in [2.75, 3.05) is 13.2 Å². The molecular formula is C19H20N2O9S. The van der Waals surface area contributed by atoms with Gasteiger partial charge >= 0.3 is 17.6 Å². The lowest BCUT2D eigenvalue weighted by Gasteiger charge is -2.13. The van der Waals surface area contributed by atoms with Crippen molar-refractivity contribution in [3.8, 4) is 11.5 Å². The van der Waals surface area contributed by atoms with Crippen LogP contribution in [0.4, 0.5) is 10.5 Å². The van der Waals surface area contributed by atoms with Crippen LogP contribution in [0.3, 0.4) is 0 Å². The van der Waals surface area contributed by atoms with E-state index < -0.39 is 46.3 Å². The number of hydrogen-bond donors (Lipinski definition) is 0. The Bertz CT molecular complexity index is 971. The first kappa shape index (κ1) is 23.9. The van der Waals surface area contributed by atoms with E-state index in [1.807, 2.05) is 0 Å². The van der Waals surface area contributed by atoms with Crippen molar-refractivity contribution in [2.45, 2.75) is 33.8 Å². The van der Waals surface area contributed by atoms with Gasteiger partial charge in [0, 0.05) is 6.92 Å². The average molecular weight is 452 g/mol. The zero-order chi connectivity index (χ0) is 23.3. The third-order valence-corrected chi connectivity index (χ3v) is 4.57. The summed E-state index contributed by atoms with van der Waals surface area (Å²) < 4.78 is 15.2. The molecule has 166 valence electrons. The van der Waals surface area contributed by atoms with E-state index in [1.165, 1.54) is 12.1 Å². The van der Waals surface area contributed by atoms with Gasteiger partial charge < -0.3 is 14.2 Å². The lowest BCUT2D eigenvalue weighted by molar-refractivity contribution is -0.386. The number of hydrogen-bond acceptors (Lipinski definition) is 10. The summed E-state index contributed by atoms with van der Waals surface area (Å²) >= 11 is 0.534. The summed E-state index contributed by atoms with van der Waals surface area (Å²) in [6, 6.07) is 2.55. The number of ether oxygens (including phenoxy) is 3. The van der Waals surface area contributed by atoms with Gasteiger partial charge in [-0.1, -0.05) is 0 Å². The maximum Gasteiger partial charge on any atom is 0.326 e. The van der Waals surface area contributed by atoms with Crippen LogP contribution in [-0.2, 0) is 19.1 Å². The predicted molar refractivity (Wildman–Crippen MR) is 109 cm³/mol. The van der Waals surface area contributed by atoms with Crippen LogP contribution in [0.15, 0.2) is 17.0 Å². The standard InChI is InChI=1S/C19H20N2O9S/c1-5-28-17-13(30-11(4)22)7-6-12(16(17)21(26)27)8-14-18(24)20(19(25)31-14)9-15(23)29-10(2)3/h6-8,10H,5,9H2,1-4H3/b14-8-. The van der Waals surface area contributed by atoms with Gasteiger partial charge in [0.1, 0.15) is 6.54 Å². The maximum absolute atomic E-state index is 12.6. The largest absolute Gasteiger partial charge is 0.485 e. The van der Waals surface area contributed by atoms with E-state index in [0.717, 1.165) is 13.0 Å². The molecule has 0 spiro atoms. The van der Waals surface area contributed by atoms with E-state index in [0.29, 0.717) is 16.7 Å². The number of thioether (sulfide) groups is 1. The number of benzene rings is 1. The summed E-state index contributed by atoms with van der Waals surface area (Å²) in [5, 5.41) is 11.0. The minimum atomic E-state index is -0.785. The molecule has 31 heavy (non-hydrogen) atoms. The predicted octanol–water partition coefficient (Wildman–Crippen LogP) is 2.91. The van der Waals surface area contributed by atoms with Gasteiger partial charge in [-0.05, 0) is 50.7 Å². The monoisotopic (exact) mass is 452 g/mol. The van der Waals surface area contributed by atoms with Gasteiger partial charge in [-0.2, -0.15) is 0 Å². The summed E-state index contributed by atoms with van der Waals surface area (Å²) in [5.74, 6) is -2.67. The van der Waals surface area contributed by atoms with Gasteiger partial charge in [0.15, 0.2) is 5.75 Å². The molecule has 0 radical (unpaired) electrons. The quantitative estimate of drug-likeness (QED) is 0.190. The van der Waals surface area contributed by atoms with Crippen molar-refractivity contribution in [1.29, 1.82) is 0 Å². The van der Waals surface area contributed by atoms with E-state index in [-0.39, 0.29) is 28.6 Å². The fourth-order valence-corrected chi connectivity index (χ4v) is 3.43. The first-order valence-electron chi connectivity index (χ1n) is 9.12. The second kappa shape index (κ2) is 10.1. The second-order valence-corrected chi connectivity index (χ2v) is 7.41. The minimum Gasteiger partial charge on any atom is -0.485 e. The lowest BCUT2D eigenvalue weighted by Crippen LogP contribution is -2.35. The molecule has 11 nitrogen and oxygen atoms in total. The summed E-state index contributed by atoms with van der Waals surface area (Å²) in [6.07, 6.45) is 0.731. The molecule has 1 aliphatic heterocycles. The Balaban J connectivity index is 2.44. The molecule has 1 heterocycles. The maximum atomic E-state index is 12.6. The number of nitro groups is 1. The Kier molecular flexibility index (Phi) is 7.75. The first-order chi connectivity index (χ1) is 14.5. The smallest absolute Gasteiger partial charge is 0.326 e. The van der Waals surface area contributed by atoms with Crippen LogP contribution in [0.1, 0.15) is 33.3 Å². The second-order valence-electron chi connectivity index (χ2n) is 6.42. The number of rotatable bonds is 8. The topological polar surface area (TPSA) is 142 Å². The van der Waals surface area contributed by atoms with Crippen molar-refractivity contribution in [3.05, 3.63) is 32.7 Å². The summed E-state index contributed by atoms with van der Waals surface area (Å²) in [7, 11) is 0. The normalized spacial score (nSPS) is 14.9. The SMILES string of the molecule is CCOc1c(OC(C)=O)ccc(/C=C2\SC(=O)N(CC(=O)OC(C)C)C2=O)c1[N+](=O)[O-]. The molecule has 1 aromatic rings. The summed E-state index contributed by atoms with van der Waals surface area (Å²) in [4.78, 5) is 59.4. The molecule has 2 rings (SSSR count). The Labute approximate surface area is 181 Å². The number of carbonyl (C=O) groups excluding carboxylic acids is 4. The summed E-state index contributed by atoms with van der Waals surface area (Å²) in [5.41, 5.74) is -0.578. The fourth-order valence-electron chi connectivity index (χ4n) is 2.60. The Morgan fingerprint density at radius 2 is 1.97 bits per heavy atom. The average Bonchev–Trinajstić information content (AvgIpc) is 2.90. The molecule has 0 saturated carbocycles. The van der Waals surface area contributed by atoms with Gasteiger partial charge in [-0.3, -0.25) is 34.2 Å². The number of nitro benzene ring substituents is 1. The molecule has 12 heteroatoms. The van der Waals surface area contributed by atoms with Crippen LogP contribution >= 0.6 is 11.8 Å². The first-order valence-corrected chi connectivity index (χ1v) is 9.94. The van der Waals surface area contributed by atoms with Crippen LogP contribution in [0.5, 0.6) is 11.5 Å². The fraction of sp³-hybridized carbons (Fsp3) is 0.368. The lowest BCUT2D eigenvalue weighted by atomic mass is 10.1. The highest BCUT2D eigenvalue weighted by Gasteiger charge is 2.37. The molecule has 0 aromatic heterocycles. The zero-order valence-corrected chi connectivity index (χ0v) is 18.0. The van der Waals surface area contributed by atoms with E-state index in [4.69, 9.17) is 14.2 Å². The molecule has 1 fully saturated rings. The third kappa shape index (κ3) is 5.81. The van der Waals surface area contributed by atoms with Crippen molar-refractivity contribution in [2.24, 2.45) is 0 Å².